The van der Waals surface area contributed by atoms with Gasteiger partial charge in [-0.25, -0.2) is 0 Å². The minimum atomic E-state index is -0.131. The van der Waals surface area contributed by atoms with Crippen LogP contribution in [0.15, 0.2) is 42.7 Å². The number of benzene rings is 1. The molecule has 1 fully saturated rings. The Morgan fingerprint density at radius 3 is 2.68 bits per heavy atom. The molecule has 5 heteroatoms. The smallest absolute Gasteiger partial charge is 0.258 e. The molecule has 1 aliphatic rings. The Labute approximate surface area is 134 Å². The molecule has 0 unspecified atom stereocenters. The third-order valence-electron chi connectivity index (χ3n) is 3.68. The number of halogens is 1. The van der Waals surface area contributed by atoms with E-state index in [2.05, 4.69) is 11.1 Å². The molecule has 3 rings (SSSR count). The van der Waals surface area contributed by atoms with E-state index in [1.54, 1.807) is 47.6 Å². The van der Waals surface area contributed by atoms with E-state index in [4.69, 9.17) is 11.6 Å². The fraction of sp³-hybridized carbons (Fsp3) is 0.235. The lowest BCUT2D eigenvalue weighted by Gasteiger charge is -2.24. The first-order valence-corrected chi connectivity index (χ1v) is 7.48. The van der Waals surface area contributed by atoms with Crippen LogP contribution in [0, 0.1) is 17.2 Å². The van der Waals surface area contributed by atoms with E-state index >= 15 is 0 Å². The van der Waals surface area contributed by atoms with Crippen molar-refractivity contribution in [2.24, 2.45) is 5.92 Å². The Balaban J connectivity index is 2.01. The van der Waals surface area contributed by atoms with Crippen molar-refractivity contribution in [3.8, 4) is 6.07 Å². The molecule has 0 spiro atoms. The molecule has 110 valence electrons. The number of carbonyl (C=O) groups is 1. The maximum Gasteiger partial charge on any atom is 0.258 e. The first-order valence-electron chi connectivity index (χ1n) is 7.10. The lowest BCUT2D eigenvalue weighted by molar-refractivity contribution is 0.0985. The molecule has 1 amide bonds. The van der Waals surface area contributed by atoms with E-state index in [-0.39, 0.29) is 5.91 Å². The molecule has 0 radical (unpaired) electrons. The van der Waals surface area contributed by atoms with Crippen LogP contribution in [0.4, 0.5) is 5.69 Å². The SMILES string of the molecule is N#Cc1ccc(Cl)cc1N(CC1CC1)C(=O)c1ccncc1. The fourth-order valence-electron chi connectivity index (χ4n) is 2.32. The third kappa shape index (κ3) is 3.10. The van der Waals surface area contributed by atoms with Gasteiger partial charge in [-0.15, -0.1) is 0 Å². The summed E-state index contributed by atoms with van der Waals surface area (Å²) in [5.41, 5.74) is 1.58. The molecule has 1 aromatic heterocycles. The molecular formula is C17H14ClN3O. The van der Waals surface area contributed by atoms with Crippen LogP contribution < -0.4 is 4.90 Å². The lowest BCUT2D eigenvalue weighted by Crippen LogP contribution is -2.33. The van der Waals surface area contributed by atoms with Crippen molar-refractivity contribution >= 4 is 23.2 Å². The molecule has 1 saturated carbocycles. The number of hydrogen-bond donors (Lipinski definition) is 0. The number of anilines is 1. The number of rotatable bonds is 4. The molecule has 22 heavy (non-hydrogen) atoms. The Hall–Kier alpha value is -2.38. The van der Waals surface area contributed by atoms with E-state index in [0.29, 0.717) is 34.3 Å². The van der Waals surface area contributed by atoms with E-state index < -0.39 is 0 Å². The van der Waals surface area contributed by atoms with Crippen LogP contribution in [0.2, 0.25) is 5.02 Å². The van der Waals surface area contributed by atoms with Gasteiger partial charge in [-0.1, -0.05) is 11.6 Å². The van der Waals surface area contributed by atoms with Gasteiger partial charge < -0.3 is 4.90 Å². The van der Waals surface area contributed by atoms with Crippen molar-refractivity contribution in [3.05, 3.63) is 58.9 Å². The third-order valence-corrected chi connectivity index (χ3v) is 3.92. The highest BCUT2D eigenvalue weighted by atomic mass is 35.5. The summed E-state index contributed by atoms with van der Waals surface area (Å²) >= 11 is 6.06. The summed E-state index contributed by atoms with van der Waals surface area (Å²) in [4.78, 5) is 18.4. The zero-order valence-electron chi connectivity index (χ0n) is 11.9. The van der Waals surface area contributed by atoms with Crippen molar-refractivity contribution in [1.29, 1.82) is 5.26 Å². The highest BCUT2D eigenvalue weighted by molar-refractivity contribution is 6.31. The molecule has 4 nitrogen and oxygen atoms in total. The van der Waals surface area contributed by atoms with Gasteiger partial charge in [0.15, 0.2) is 0 Å². The van der Waals surface area contributed by atoms with Crippen LogP contribution in [-0.2, 0) is 0 Å². The van der Waals surface area contributed by atoms with Gasteiger partial charge in [-0.05, 0) is 49.1 Å². The molecule has 1 aromatic carbocycles. The first-order chi connectivity index (χ1) is 10.7. The zero-order valence-corrected chi connectivity index (χ0v) is 12.6. The van der Waals surface area contributed by atoms with Gasteiger partial charge in [0, 0.05) is 29.5 Å². The van der Waals surface area contributed by atoms with Gasteiger partial charge in [0.1, 0.15) is 6.07 Å². The predicted molar refractivity (Wildman–Crippen MR) is 84.8 cm³/mol. The number of amides is 1. The second-order valence-electron chi connectivity index (χ2n) is 5.37. The fourth-order valence-corrected chi connectivity index (χ4v) is 2.49. The number of nitrogens with zero attached hydrogens (tertiary/aromatic N) is 3. The van der Waals surface area contributed by atoms with Gasteiger partial charge in [0.2, 0.25) is 0 Å². The predicted octanol–water partition coefficient (Wildman–Crippen LogP) is 3.66. The minimum absolute atomic E-state index is 0.131. The standard InChI is InChI=1S/C17H14ClN3O/c18-15-4-3-14(10-19)16(9-15)21(11-12-1-2-12)17(22)13-5-7-20-8-6-13/h3-9,12H,1-2,11H2. The van der Waals surface area contributed by atoms with Gasteiger partial charge in [-0.2, -0.15) is 5.26 Å². The Morgan fingerprint density at radius 1 is 1.32 bits per heavy atom. The molecule has 1 aliphatic carbocycles. The Bertz CT molecular complexity index is 735. The van der Waals surface area contributed by atoms with Gasteiger partial charge in [-0.3, -0.25) is 9.78 Å². The second kappa shape index (κ2) is 6.17. The highest BCUT2D eigenvalue weighted by Gasteiger charge is 2.29. The molecular weight excluding hydrogens is 298 g/mol. The summed E-state index contributed by atoms with van der Waals surface area (Å²) in [6.07, 6.45) is 5.41. The monoisotopic (exact) mass is 311 g/mol. The number of nitriles is 1. The van der Waals surface area contributed by atoms with Crippen molar-refractivity contribution in [3.63, 3.8) is 0 Å². The van der Waals surface area contributed by atoms with Crippen LogP contribution >= 0.6 is 11.6 Å². The van der Waals surface area contributed by atoms with E-state index in [1.807, 2.05) is 0 Å². The van der Waals surface area contributed by atoms with E-state index in [1.165, 1.54) is 0 Å². The lowest BCUT2D eigenvalue weighted by atomic mass is 10.1. The normalized spacial score (nSPS) is 13.5. The molecule has 2 aromatic rings. The number of pyridine rings is 1. The van der Waals surface area contributed by atoms with Gasteiger partial charge in [0.05, 0.1) is 11.3 Å². The molecule has 0 saturated heterocycles. The average molecular weight is 312 g/mol. The van der Waals surface area contributed by atoms with Gasteiger partial charge >= 0.3 is 0 Å². The molecule has 0 atom stereocenters. The van der Waals surface area contributed by atoms with E-state index in [0.717, 1.165) is 12.8 Å². The molecule has 0 aliphatic heterocycles. The number of hydrogen-bond acceptors (Lipinski definition) is 3. The molecule has 1 heterocycles. The van der Waals surface area contributed by atoms with Crippen molar-refractivity contribution in [2.75, 3.05) is 11.4 Å². The quantitative estimate of drug-likeness (QED) is 0.865. The maximum atomic E-state index is 12.8. The minimum Gasteiger partial charge on any atom is -0.307 e. The van der Waals surface area contributed by atoms with Crippen LogP contribution in [0.3, 0.4) is 0 Å². The topological polar surface area (TPSA) is 57.0 Å². The Kier molecular flexibility index (Phi) is 4.08. The average Bonchev–Trinajstić information content (AvgIpc) is 3.37. The van der Waals surface area contributed by atoms with E-state index in [9.17, 15) is 10.1 Å². The number of carbonyl (C=O) groups excluding carboxylic acids is 1. The van der Waals surface area contributed by atoms with Crippen LogP contribution in [0.25, 0.3) is 0 Å². The maximum absolute atomic E-state index is 12.8. The number of aromatic nitrogens is 1. The van der Waals surface area contributed by atoms with Crippen molar-refractivity contribution in [2.45, 2.75) is 12.8 Å². The molecule has 0 N–H and O–H groups in total. The molecule has 0 bridgehead atoms. The summed E-state index contributed by atoms with van der Waals surface area (Å²) in [7, 11) is 0. The van der Waals surface area contributed by atoms with Crippen molar-refractivity contribution in [1.82, 2.24) is 4.98 Å². The first kappa shape index (κ1) is 14.6. The van der Waals surface area contributed by atoms with Crippen LogP contribution in [0.1, 0.15) is 28.8 Å². The summed E-state index contributed by atoms with van der Waals surface area (Å²) in [6.45, 7) is 0.607. The highest BCUT2D eigenvalue weighted by Crippen LogP contribution is 2.34. The van der Waals surface area contributed by atoms with Crippen molar-refractivity contribution < 1.29 is 4.79 Å². The summed E-state index contributed by atoms with van der Waals surface area (Å²) in [6, 6.07) is 10.5. The second-order valence-corrected chi connectivity index (χ2v) is 5.80. The Morgan fingerprint density at radius 2 is 2.05 bits per heavy atom. The zero-order chi connectivity index (χ0) is 15.5. The van der Waals surface area contributed by atoms with Gasteiger partial charge in [0.25, 0.3) is 5.91 Å². The summed E-state index contributed by atoms with van der Waals surface area (Å²) < 4.78 is 0. The summed E-state index contributed by atoms with van der Waals surface area (Å²) in [5.74, 6) is 0.365. The largest absolute Gasteiger partial charge is 0.307 e. The van der Waals surface area contributed by atoms with Crippen LogP contribution in [-0.4, -0.2) is 17.4 Å². The van der Waals surface area contributed by atoms with Crippen LogP contribution in [0.5, 0.6) is 0 Å². The summed E-state index contributed by atoms with van der Waals surface area (Å²) in [5, 5.41) is 9.83.